The summed E-state index contributed by atoms with van der Waals surface area (Å²) in [5.74, 6) is -2.66. The molecule has 0 spiro atoms. The van der Waals surface area contributed by atoms with Gasteiger partial charge in [0.2, 0.25) is 11.5 Å². The molecular weight excluding hydrogens is 592 g/mol. The number of alkyl halides is 1. The van der Waals surface area contributed by atoms with Gasteiger partial charge in [-0.05, 0) is 17.5 Å². The number of carboxylic acid groups (broad SMARTS) is 1. The molecule has 2 aromatic carbocycles. The van der Waals surface area contributed by atoms with E-state index in [1.54, 1.807) is 11.1 Å². The highest BCUT2D eigenvalue weighted by Crippen LogP contribution is 2.36. The lowest BCUT2D eigenvalue weighted by atomic mass is 9.84. The van der Waals surface area contributed by atoms with Gasteiger partial charge in [0.25, 0.3) is 5.91 Å². The maximum atomic E-state index is 13.9. The summed E-state index contributed by atoms with van der Waals surface area (Å²) < 4.78 is 0. The van der Waals surface area contributed by atoms with E-state index in [2.05, 4.69) is 31.4 Å². The number of hydrogen-bond donors (Lipinski definition) is 3. The first kappa shape index (κ1) is 30.0. The largest absolute Gasteiger partial charge is 0.481 e. The number of halogens is 1. The van der Waals surface area contributed by atoms with E-state index >= 15 is 0 Å². The molecule has 0 bridgehead atoms. The summed E-state index contributed by atoms with van der Waals surface area (Å²) >= 11 is 3.07. The third-order valence-electron chi connectivity index (χ3n) is 7.17. The molecule has 41 heavy (non-hydrogen) atoms. The molecule has 4 rings (SSSR count). The Labute approximate surface area is 246 Å². The Hall–Kier alpha value is -3.99. The number of hydrogen-bond acceptors (Lipinski definition) is 6. The Balaban J connectivity index is 1.71. The second kappa shape index (κ2) is 12.7. The molecule has 3 aromatic rings. The molecule has 1 unspecified atom stereocenters. The first-order chi connectivity index (χ1) is 19.6. The number of anilines is 1. The van der Waals surface area contributed by atoms with Crippen molar-refractivity contribution in [1.82, 2.24) is 10.3 Å². The summed E-state index contributed by atoms with van der Waals surface area (Å²) in [6.07, 6.45) is 1.36. The number of nitrogens with zero attached hydrogens (tertiary/aromatic N) is 2. The maximum absolute atomic E-state index is 13.9. The summed E-state index contributed by atoms with van der Waals surface area (Å²) in [5, 5.41) is 17.1. The smallest absolute Gasteiger partial charge is 0.305 e. The number of nitrogens with one attached hydrogen (secondary N) is 2. The van der Waals surface area contributed by atoms with Crippen LogP contribution in [-0.4, -0.2) is 62.4 Å². The van der Waals surface area contributed by atoms with Gasteiger partial charge in [-0.1, -0.05) is 83.5 Å². The lowest BCUT2D eigenvalue weighted by Crippen LogP contribution is -2.55. The Kier molecular flexibility index (Phi) is 9.27. The zero-order valence-corrected chi connectivity index (χ0v) is 24.7. The predicted molar refractivity (Wildman–Crippen MR) is 159 cm³/mol. The molecule has 1 aliphatic rings. The first-order valence-corrected chi connectivity index (χ1v) is 14.4. The number of Topliss-reactive ketones (excluding diaryl/α,β-unsaturated/α-hetero) is 1. The van der Waals surface area contributed by atoms with E-state index in [1.165, 1.54) is 6.92 Å². The molecule has 3 atom stereocenters. The van der Waals surface area contributed by atoms with Gasteiger partial charge in [-0.3, -0.25) is 19.2 Å². The van der Waals surface area contributed by atoms with Crippen molar-refractivity contribution in [2.24, 2.45) is 11.1 Å². The van der Waals surface area contributed by atoms with E-state index in [0.717, 1.165) is 16.5 Å². The molecule has 216 valence electrons. The number of ketones is 1. The zero-order chi connectivity index (χ0) is 29.7. The maximum Gasteiger partial charge on any atom is 0.305 e. The highest BCUT2D eigenvalue weighted by molar-refractivity contribution is 9.09. The van der Waals surface area contributed by atoms with Crippen LogP contribution in [0, 0.1) is 5.92 Å². The van der Waals surface area contributed by atoms with Gasteiger partial charge in [-0.2, -0.15) is 0 Å². The monoisotopic (exact) mass is 624 g/mol. The molecule has 0 saturated carbocycles. The van der Waals surface area contributed by atoms with Gasteiger partial charge in [-0.15, -0.1) is 0 Å². The van der Waals surface area contributed by atoms with Crippen LogP contribution in [0.4, 0.5) is 5.69 Å². The molecule has 0 radical (unpaired) electrons. The van der Waals surface area contributed by atoms with E-state index in [-0.39, 0.29) is 30.0 Å². The molecule has 1 aliphatic heterocycles. The van der Waals surface area contributed by atoms with Crippen molar-refractivity contribution in [1.29, 1.82) is 0 Å². The Morgan fingerprint density at radius 2 is 1.80 bits per heavy atom. The zero-order valence-electron chi connectivity index (χ0n) is 23.1. The van der Waals surface area contributed by atoms with E-state index in [1.807, 2.05) is 68.4 Å². The van der Waals surface area contributed by atoms with Crippen molar-refractivity contribution in [3.8, 4) is 0 Å². The fourth-order valence-electron chi connectivity index (χ4n) is 5.29. The van der Waals surface area contributed by atoms with Gasteiger partial charge in [-0.25, -0.2) is 0 Å². The molecule has 0 aliphatic carbocycles. The van der Waals surface area contributed by atoms with Crippen molar-refractivity contribution < 1.29 is 29.1 Å². The molecule has 1 aromatic heterocycles. The second-order valence-corrected chi connectivity index (χ2v) is 11.1. The number of fused-ring (bicyclic) bond motifs is 1. The summed E-state index contributed by atoms with van der Waals surface area (Å²) in [7, 11) is 0. The SMILES string of the molecule is CC(=O)N(c1c[nH]c2ccccc12)[C@H](C1=NOC(Cc2ccccc2)(C(=O)N[C@@H](CC(=O)O)C(=O)CBr)C1)C(C)C. The van der Waals surface area contributed by atoms with Crippen molar-refractivity contribution in [3.63, 3.8) is 0 Å². The fraction of sp³-hybridized carbons (Fsp3) is 0.367. The van der Waals surface area contributed by atoms with Gasteiger partial charge in [0, 0.05) is 36.9 Å². The van der Waals surface area contributed by atoms with Gasteiger partial charge in [0.05, 0.1) is 35.2 Å². The third-order valence-corrected chi connectivity index (χ3v) is 7.72. The number of amides is 2. The number of aliphatic carboxylic acids is 1. The number of para-hydroxylation sites is 1. The molecular formula is C30H33BrN4O6. The lowest BCUT2D eigenvalue weighted by Gasteiger charge is -2.34. The van der Waals surface area contributed by atoms with Crippen molar-refractivity contribution in [2.75, 3.05) is 10.2 Å². The number of carbonyl (C=O) groups is 4. The van der Waals surface area contributed by atoms with Crippen molar-refractivity contribution in [3.05, 3.63) is 66.4 Å². The number of benzene rings is 2. The normalized spacial score (nSPS) is 17.9. The van der Waals surface area contributed by atoms with Gasteiger partial charge < -0.3 is 25.1 Å². The van der Waals surface area contributed by atoms with Crippen LogP contribution in [0.25, 0.3) is 10.9 Å². The van der Waals surface area contributed by atoms with Crippen LogP contribution in [0.1, 0.15) is 39.2 Å². The quantitative estimate of drug-likeness (QED) is 0.258. The Morgan fingerprint density at radius 3 is 2.44 bits per heavy atom. The van der Waals surface area contributed by atoms with E-state index in [4.69, 9.17) is 4.84 Å². The lowest BCUT2D eigenvalue weighted by molar-refractivity contribution is -0.147. The number of H-pyrrole nitrogens is 1. The number of rotatable bonds is 12. The Bertz CT molecular complexity index is 1470. The third kappa shape index (κ3) is 6.51. The summed E-state index contributed by atoms with van der Waals surface area (Å²) in [4.78, 5) is 61.8. The minimum Gasteiger partial charge on any atom is -0.481 e. The van der Waals surface area contributed by atoms with Crippen LogP contribution in [-0.2, 0) is 30.4 Å². The van der Waals surface area contributed by atoms with Crippen LogP contribution in [0.5, 0.6) is 0 Å². The molecule has 0 fully saturated rings. The number of carboxylic acids is 1. The van der Waals surface area contributed by atoms with E-state index in [0.29, 0.717) is 11.4 Å². The molecule has 11 heteroatoms. The summed E-state index contributed by atoms with van der Waals surface area (Å²) in [5.41, 5.74) is 1.29. The topological polar surface area (TPSA) is 141 Å². The van der Waals surface area contributed by atoms with Gasteiger partial charge in [0.1, 0.15) is 0 Å². The van der Waals surface area contributed by atoms with E-state index < -0.39 is 41.8 Å². The highest BCUT2D eigenvalue weighted by Gasteiger charge is 2.50. The summed E-state index contributed by atoms with van der Waals surface area (Å²) in [6.45, 7) is 5.42. The second-order valence-electron chi connectivity index (χ2n) is 10.5. The number of aromatic nitrogens is 1. The molecule has 2 heterocycles. The van der Waals surface area contributed by atoms with Crippen LogP contribution in [0.15, 0.2) is 65.9 Å². The van der Waals surface area contributed by atoms with E-state index in [9.17, 15) is 24.3 Å². The number of oxime groups is 1. The average molecular weight is 626 g/mol. The van der Waals surface area contributed by atoms with Crippen LogP contribution in [0.2, 0.25) is 0 Å². The predicted octanol–water partition coefficient (Wildman–Crippen LogP) is 4.23. The average Bonchev–Trinajstić information content (AvgIpc) is 3.56. The molecule has 3 N–H and O–H groups in total. The van der Waals surface area contributed by atoms with Crippen LogP contribution < -0.4 is 10.2 Å². The molecule has 2 amide bonds. The molecule has 10 nitrogen and oxygen atoms in total. The Morgan fingerprint density at radius 1 is 1.12 bits per heavy atom. The van der Waals surface area contributed by atoms with Crippen LogP contribution >= 0.6 is 15.9 Å². The van der Waals surface area contributed by atoms with Gasteiger partial charge >= 0.3 is 5.97 Å². The van der Waals surface area contributed by atoms with Crippen LogP contribution in [0.3, 0.4) is 0 Å². The standard InChI is InChI=1S/C30H33BrN4O6/c1-18(2)28(35(19(3)36)25-17-32-22-12-8-7-11-21(22)25)24-15-30(41-34-24,14-20-9-5-4-6-10-20)29(40)33-23(13-27(38)39)26(37)16-31/h4-12,17-18,23,28,32H,13-16H2,1-3H3,(H,33,40)(H,38,39)/t23-,28-,30?/m0/s1. The number of carbonyl (C=O) groups excluding carboxylic acids is 3. The van der Waals surface area contributed by atoms with Crippen molar-refractivity contribution >= 4 is 61.8 Å². The fourth-order valence-corrected chi connectivity index (χ4v) is 5.68. The highest BCUT2D eigenvalue weighted by atomic mass is 79.9. The minimum absolute atomic E-state index is 0.0327. The van der Waals surface area contributed by atoms with Crippen molar-refractivity contribution in [2.45, 2.75) is 57.7 Å². The number of aromatic amines is 1. The summed E-state index contributed by atoms with van der Waals surface area (Å²) in [6, 6.07) is 15.1. The first-order valence-electron chi connectivity index (χ1n) is 13.3. The molecule has 0 saturated heterocycles. The minimum atomic E-state index is -1.56. The van der Waals surface area contributed by atoms with Gasteiger partial charge in [0.15, 0.2) is 5.78 Å².